The van der Waals surface area contributed by atoms with Crippen molar-refractivity contribution in [3.8, 4) is 0 Å². The molecule has 3 N–H and O–H groups in total. The lowest BCUT2D eigenvalue weighted by Crippen LogP contribution is -2.40. The molecule has 0 aliphatic rings. The summed E-state index contributed by atoms with van der Waals surface area (Å²) in [5.74, 6) is 1.36. The largest absolute Gasteiger partial charge is 0.469 e. The minimum Gasteiger partial charge on any atom is -0.469 e. The monoisotopic (exact) mass is 353 g/mol. The second-order valence-corrected chi connectivity index (χ2v) is 3.60. The van der Waals surface area contributed by atoms with Crippen LogP contribution in [-0.2, 0) is 11.2 Å². The predicted octanol–water partition coefficient (Wildman–Crippen LogP) is 1.38. The maximum Gasteiger partial charge on any atom is 0.188 e. The summed E-state index contributed by atoms with van der Waals surface area (Å²) in [7, 11) is 1.66. The van der Waals surface area contributed by atoms with Crippen LogP contribution in [-0.4, -0.2) is 32.3 Å². The van der Waals surface area contributed by atoms with E-state index in [1.54, 1.807) is 13.4 Å². The lowest BCUT2D eigenvalue weighted by molar-refractivity contribution is 0.179. The zero-order chi connectivity index (χ0) is 11.8. The van der Waals surface area contributed by atoms with Gasteiger partial charge in [-0.15, -0.1) is 24.0 Å². The molecule has 1 aromatic heterocycles. The van der Waals surface area contributed by atoms with Crippen molar-refractivity contribution < 1.29 is 9.15 Å². The Morgan fingerprint density at radius 2 is 2.41 bits per heavy atom. The number of hydrogen-bond donors (Lipinski definition) is 2. The Labute approximate surface area is 119 Å². The van der Waals surface area contributed by atoms with Crippen LogP contribution >= 0.6 is 24.0 Å². The Balaban J connectivity index is 0.00000256. The van der Waals surface area contributed by atoms with Gasteiger partial charge in [-0.3, -0.25) is 4.99 Å². The highest BCUT2D eigenvalue weighted by Gasteiger charge is 2.01. The van der Waals surface area contributed by atoms with E-state index in [0.717, 1.165) is 12.2 Å². The van der Waals surface area contributed by atoms with Gasteiger partial charge in [0.2, 0.25) is 0 Å². The summed E-state index contributed by atoms with van der Waals surface area (Å²) in [5.41, 5.74) is 5.70. The van der Waals surface area contributed by atoms with Crippen molar-refractivity contribution in [1.82, 2.24) is 5.32 Å². The lowest BCUT2D eigenvalue weighted by Gasteiger charge is -2.12. The number of aliphatic imine (C=N–C) groups is 1. The van der Waals surface area contributed by atoms with Crippen molar-refractivity contribution >= 4 is 29.9 Å². The fourth-order valence-corrected chi connectivity index (χ4v) is 1.33. The SMILES string of the molecule is COCC(C)NC(N)=NCCc1ccco1.I. The number of nitrogens with zero attached hydrogens (tertiary/aromatic N) is 1. The Bertz CT molecular complexity index is 315. The molecule has 5 nitrogen and oxygen atoms in total. The molecule has 1 unspecified atom stereocenters. The van der Waals surface area contributed by atoms with Gasteiger partial charge in [0.1, 0.15) is 5.76 Å². The highest BCUT2D eigenvalue weighted by molar-refractivity contribution is 14.0. The average molecular weight is 353 g/mol. The average Bonchev–Trinajstić information content (AvgIpc) is 2.70. The maximum atomic E-state index is 5.70. The van der Waals surface area contributed by atoms with Crippen molar-refractivity contribution in [1.29, 1.82) is 0 Å². The Morgan fingerprint density at radius 3 is 3.00 bits per heavy atom. The van der Waals surface area contributed by atoms with Gasteiger partial charge in [0, 0.05) is 26.1 Å². The molecule has 98 valence electrons. The van der Waals surface area contributed by atoms with Gasteiger partial charge in [-0.1, -0.05) is 0 Å². The third-order valence-corrected chi connectivity index (χ3v) is 2.03. The number of hydrogen-bond acceptors (Lipinski definition) is 3. The summed E-state index contributed by atoms with van der Waals surface area (Å²) < 4.78 is 10.2. The van der Waals surface area contributed by atoms with Gasteiger partial charge < -0.3 is 20.2 Å². The molecule has 0 aliphatic heterocycles. The smallest absolute Gasteiger partial charge is 0.188 e. The fraction of sp³-hybridized carbons (Fsp3) is 0.545. The first-order chi connectivity index (χ1) is 7.72. The minimum absolute atomic E-state index is 0. The summed E-state index contributed by atoms with van der Waals surface area (Å²) in [6.07, 6.45) is 2.41. The normalized spacial score (nSPS) is 12.9. The van der Waals surface area contributed by atoms with E-state index >= 15 is 0 Å². The molecule has 0 fully saturated rings. The zero-order valence-corrected chi connectivity index (χ0v) is 12.5. The first-order valence-electron chi connectivity index (χ1n) is 5.30. The number of guanidine groups is 1. The van der Waals surface area contributed by atoms with Crippen LogP contribution in [0.3, 0.4) is 0 Å². The molecular weight excluding hydrogens is 333 g/mol. The lowest BCUT2D eigenvalue weighted by atomic mass is 10.3. The molecule has 17 heavy (non-hydrogen) atoms. The van der Waals surface area contributed by atoms with Crippen molar-refractivity contribution in [3.63, 3.8) is 0 Å². The summed E-state index contributed by atoms with van der Waals surface area (Å²) in [5, 5.41) is 3.03. The minimum atomic E-state index is 0. The van der Waals surface area contributed by atoms with Gasteiger partial charge in [0.05, 0.1) is 12.9 Å². The first kappa shape index (κ1) is 16.2. The number of methoxy groups -OCH3 is 1. The molecule has 1 atom stereocenters. The molecule has 1 heterocycles. The van der Waals surface area contributed by atoms with E-state index in [0.29, 0.717) is 19.1 Å². The van der Waals surface area contributed by atoms with Crippen LogP contribution in [0.15, 0.2) is 27.8 Å². The van der Waals surface area contributed by atoms with Gasteiger partial charge in [-0.2, -0.15) is 0 Å². The van der Waals surface area contributed by atoms with Crippen LogP contribution in [0.25, 0.3) is 0 Å². The molecule has 0 saturated carbocycles. The van der Waals surface area contributed by atoms with E-state index in [9.17, 15) is 0 Å². The van der Waals surface area contributed by atoms with Crippen LogP contribution in [0, 0.1) is 0 Å². The van der Waals surface area contributed by atoms with Crippen molar-refractivity contribution in [3.05, 3.63) is 24.2 Å². The maximum absolute atomic E-state index is 5.70. The molecule has 6 heteroatoms. The number of furan rings is 1. The van der Waals surface area contributed by atoms with Gasteiger partial charge in [-0.25, -0.2) is 0 Å². The van der Waals surface area contributed by atoms with Crippen LogP contribution in [0.4, 0.5) is 0 Å². The molecule has 1 aromatic rings. The van der Waals surface area contributed by atoms with E-state index in [1.165, 1.54) is 0 Å². The Hall–Kier alpha value is -0.760. The van der Waals surface area contributed by atoms with E-state index in [-0.39, 0.29) is 30.0 Å². The molecule has 1 rings (SSSR count). The highest BCUT2D eigenvalue weighted by atomic mass is 127. The quantitative estimate of drug-likeness (QED) is 0.461. The Kier molecular flexibility index (Phi) is 8.87. The number of ether oxygens (including phenoxy) is 1. The van der Waals surface area contributed by atoms with Crippen LogP contribution < -0.4 is 11.1 Å². The molecule has 0 amide bonds. The van der Waals surface area contributed by atoms with Crippen LogP contribution in [0.1, 0.15) is 12.7 Å². The topological polar surface area (TPSA) is 72.8 Å². The zero-order valence-electron chi connectivity index (χ0n) is 10.2. The van der Waals surface area contributed by atoms with Crippen molar-refractivity contribution in [2.45, 2.75) is 19.4 Å². The summed E-state index contributed by atoms with van der Waals surface area (Å²) in [6.45, 7) is 3.21. The standard InChI is InChI=1S/C11H19N3O2.HI/c1-9(8-15-2)14-11(12)13-6-5-10-4-3-7-16-10;/h3-4,7,9H,5-6,8H2,1-2H3,(H3,12,13,14);1H. The van der Waals surface area contributed by atoms with E-state index < -0.39 is 0 Å². The van der Waals surface area contributed by atoms with Gasteiger partial charge in [0.15, 0.2) is 5.96 Å². The molecule has 0 saturated heterocycles. The van der Waals surface area contributed by atoms with Crippen molar-refractivity contribution in [2.75, 3.05) is 20.3 Å². The van der Waals surface area contributed by atoms with Crippen LogP contribution in [0.5, 0.6) is 0 Å². The summed E-state index contributed by atoms with van der Waals surface area (Å²) in [6, 6.07) is 3.95. The summed E-state index contributed by atoms with van der Waals surface area (Å²) >= 11 is 0. The van der Waals surface area contributed by atoms with Gasteiger partial charge in [0.25, 0.3) is 0 Å². The van der Waals surface area contributed by atoms with E-state index in [1.807, 2.05) is 19.1 Å². The van der Waals surface area contributed by atoms with Gasteiger partial charge in [-0.05, 0) is 19.1 Å². The number of rotatable bonds is 6. The van der Waals surface area contributed by atoms with E-state index in [2.05, 4.69) is 10.3 Å². The summed E-state index contributed by atoms with van der Waals surface area (Å²) in [4.78, 5) is 4.19. The van der Waals surface area contributed by atoms with Crippen LogP contribution in [0.2, 0.25) is 0 Å². The molecule has 0 aliphatic carbocycles. The second-order valence-electron chi connectivity index (χ2n) is 3.60. The third kappa shape index (κ3) is 7.22. The molecule has 0 spiro atoms. The highest BCUT2D eigenvalue weighted by Crippen LogP contribution is 2.00. The molecule has 0 bridgehead atoms. The predicted molar refractivity (Wildman–Crippen MR) is 78.8 cm³/mol. The number of nitrogens with one attached hydrogen (secondary N) is 1. The molecule has 0 aromatic carbocycles. The Morgan fingerprint density at radius 1 is 1.65 bits per heavy atom. The van der Waals surface area contributed by atoms with Gasteiger partial charge >= 0.3 is 0 Å². The molecular formula is C11H20IN3O2. The van der Waals surface area contributed by atoms with E-state index in [4.69, 9.17) is 14.9 Å². The number of halogens is 1. The second kappa shape index (κ2) is 9.29. The first-order valence-corrected chi connectivity index (χ1v) is 5.30. The third-order valence-electron chi connectivity index (χ3n) is 2.03. The number of nitrogens with two attached hydrogens (primary N) is 1. The molecule has 0 radical (unpaired) electrons. The van der Waals surface area contributed by atoms with Crippen molar-refractivity contribution in [2.24, 2.45) is 10.7 Å². The fourth-order valence-electron chi connectivity index (χ4n) is 1.33.